The number of hydrogen-bond donors (Lipinski definition) is 1. The maximum Gasteiger partial charge on any atom is 0.313 e. The first-order valence-electron chi connectivity index (χ1n) is 6.72. The van der Waals surface area contributed by atoms with Gasteiger partial charge in [-0.15, -0.1) is 0 Å². The molecule has 1 aromatic carbocycles. The van der Waals surface area contributed by atoms with Crippen LogP contribution in [0.5, 0.6) is 0 Å². The highest BCUT2D eigenvalue weighted by molar-refractivity contribution is 6.00. The van der Waals surface area contributed by atoms with Crippen LogP contribution in [0.4, 0.5) is 0 Å². The zero-order valence-electron chi connectivity index (χ0n) is 10.9. The summed E-state index contributed by atoms with van der Waals surface area (Å²) in [4.78, 5) is 25.9. The molecule has 1 fully saturated rings. The number of carbonyl (C=O) groups is 2. The van der Waals surface area contributed by atoms with Crippen molar-refractivity contribution in [2.75, 3.05) is 6.54 Å². The Balaban J connectivity index is 2.12. The maximum absolute atomic E-state index is 12.5. The van der Waals surface area contributed by atoms with E-state index in [-0.39, 0.29) is 11.9 Å². The summed E-state index contributed by atoms with van der Waals surface area (Å²) in [5.41, 5.74) is 1.23. The van der Waals surface area contributed by atoms with Crippen molar-refractivity contribution in [1.82, 2.24) is 4.90 Å². The molecule has 1 N–H and O–H groups in total. The minimum Gasteiger partial charge on any atom is -0.481 e. The van der Waals surface area contributed by atoms with Crippen molar-refractivity contribution in [3.63, 3.8) is 0 Å². The normalized spacial score (nSPS) is 29.6. The summed E-state index contributed by atoms with van der Waals surface area (Å²) in [7, 11) is 0. The van der Waals surface area contributed by atoms with E-state index < -0.39 is 11.9 Å². The molecule has 3 rings (SSSR count). The molecule has 19 heavy (non-hydrogen) atoms. The molecule has 0 spiro atoms. The first-order chi connectivity index (χ1) is 9.09. The Morgan fingerprint density at radius 3 is 2.84 bits per heavy atom. The molecule has 0 unspecified atom stereocenters. The van der Waals surface area contributed by atoms with Crippen molar-refractivity contribution < 1.29 is 14.7 Å². The van der Waals surface area contributed by atoms with E-state index in [0.29, 0.717) is 23.6 Å². The lowest BCUT2D eigenvalue weighted by Crippen LogP contribution is -2.53. The van der Waals surface area contributed by atoms with E-state index in [9.17, 15) is 14.7 Å². The first kappa shape index (κ1) is 12.2. The number of piperidine rings is 1. The summed E-state index contributed by atoms with van der Waals surface area (Å²) in [5.74, 6) is -0.952. The predicted octanol–water partition coefficient (Wildman–Crippen LogP) is 2.11. The molecule has 1 aromatic rings. The number of benzene rings is 1. The monoisotopic (exact) mass is 259 g/mol. The Labute approximate surface area is 112 Å². The zero-order chi connectivity index (χ0) is 13.6. The van der Waals surface area contributed by atoms with Crippen LogP contribution in [-0.2, 0) is 4.79 Å². The van der Waals surface area contributed by atoms with Gasteiger partial charge < -0.3 is 10.0 Å². The molecule has 0 saturated carbocycles. The smallest absolute Gasteiger partial charge is 0.313 e. The van der Waals surface area contributed by atoms with Crippen molar-refractivity contribution >= 4 is 11.9 Å². The molecule has 0 aromatic heterocycles. The molecule has 0 aliphatic carbocycles. The highest BCUT2D eigenvalue weighted by Crippen LogP contribution is 2.39. The SMILES string of the molecule is C[C@H]1CCN2C(=O)c3ccccc3[C@H](C(=O)O)[C@@H]2C1. The van der Waals surface area contributed by atoms with Gasteiger partial charge in [-0.25, -0.2) is 0 Å². The standard InChI is InChI=1S/C15H17NO3/c1-9-6-7-16-12(8-9)13(15(18)19)10-4-2-3-5-11(10)14(16)17/h2-5,9,12-13H,6-8H2,1H3,(H,18,19)/t9-,12-,13-/m0/s1. The summed E-state index contributed by atoms with van der Waals surface area (Å²) in [5, 5.41) is 9.56. The van der Waals surface area contributed by atoms with Gasteiger partial charge in [-0.05, 0) is 30.4 Å². The van der Waals surface area contributed by atoms with Crippen molar-refractivity contribution in [3.8, 4) is 0 Å². The fourth-order valence-electron chi connectivity index (χ4n) is 3.37. The lowest BCUT2D eigenvalue weighted by molar-refractivity contribution is -0.141. The van der Waals surface area contributed by atoms with E-state index in [2.05, 4.69) is 6.92 Å². The van der Waals surface area contributed by atoms with Crippen LogP contribution < -0.4 is 0 Å². The van der Waals surface area contributed by atoms with Gasteiger partial charge in [0.1, 0.15) is 5.92 Å². The molecule has 2 aliphatic rings. The summed E-state index contributed by atoms with van der Waals surface area (Å²) in [6.45, 7) is 2.80. The van der Waals surface area contributed by atoms with E-state index in [1.165, 1.54) is 0 Å². The third-order valence-electron chi connectivity index (χ3n) is 4.34. The quantitative estimate of drug-likeness (QED) is 0.840. The van der Waals surface area contributed by atoms with Gasteiger partial charge in [-0.2, -0.15) is 0 Å². The number of rotatable bonds is 1. The largest absolute Gasteiger partial charge is 0.481 e. The maximum atomic E-state index is 12.5. The van der Waals surface area contributed by atoms with Crippen LogP contribution in [0.1, 0.15) is 41.6 Å². The number of fused-ring (bicyclic) bond motifs is 2. The Bertz CT molecular complexity index is 540. The second-order valence-electron chi connectivity index (χ2n) is 5.60. The Kier molecular flexibility index (Phi) is 2.81. The summed E-state index contributed by atoms with van der Waals surface area (Å²) in [6, 6.07) is 6.93. The van der Waals surface area contributed by atoms with Crippen molar-refractivity contribution in [1.29, 1.82) is 0 Å². The number of hydrogen-bond acceptors (Lipinski definition) is 2. The first-order valence-corrected chi connectivity index (χ1v) is 6.72. The average Bonchev–Trinajstić information content (AvgIpc) is 2.38. The molecular formula is C15H17NO3. The van der Waals surface area contributed by atoms with Gasteiger partial charge in [0.2, 0.25) is 0 Å². The van der Waals surface area contributed by atoms with Gasteiger partial charge in [0.15, 0.2) is 0 Å². The minimum atomic E-state index is -0.830. The topological polar surface area (TPSA) is 57.6 Å². The van der Waals surface area contributed by atoms with Crippen LogP contribution in [0.3, 0.4) is 0 Å². The zero-order valence-corrected chi connectivity index (χ0v) is 10.9. The van der Waals surface area contributed by atoms with Crippen LogP contribution in [-0.4, -0.2) is 34.5 Å². The van der Waals surface area contributed by atoms with E-state index in [1.807, 2.05) is 6.07 Å². The summed E-state index contributed by atoms with van der Waals surface area (Å²) >= 11 is 0. The Hall–Kier alpha value is -1.84. The van der Waals surface area contributed by atoms with Gasteiger partial charge in [0.05, 0.1) is 0 Å². The number of carboxylic acids is 1. The minimum absolute atomic E-state index is 0.00926. The van der Waals surface area contributed by atoms with Crippen molar-refractivity contribution in [2.45, 2.75) is 31.7 Å². The van der Waals surface area contributed by atoms with E-state index in [0.717, 1.165) is 12.8 Å². The van der Waals surface area contributed by atoms with Crippen molar-refractivity contribution in [2.24, 2.45) is 5.92 Å². The van der Waals surface area contributed by atoms with Gasteiger partial charge >= 0.3 is 5.97 Å². The molecule has 1 amide bonds. The molecule has 100 valence electrons. The molecule has 2 heterocycles. The lowest BCUT2D eigenvalue weighted by atomic mass is 9.76. The molecule has 3 atom stereocenters. The fraction of sp³-hybridized carbons (Fsp3) is 0.467. The molecular weight excluding hydrogens is 242 g/mol. The van der Waals surface area contributed by atoms with Crippen LogP contribution in [0, 0.1) is 5.92 Å². The second kappa shape index (κ2) is 4.37. The number of carbonyl (C=O) groups excluding carboxylic acids is 1. The van der Waals surface area contributed by atoms with Gasteiger partial charge in [0, 0.05) is 18.2 Å². The second-order valence-corrected chi connectivity index (χ2v) is 5.60. The highest BCUT2D eigenvalue weighted by Gasteiger charge is 2.45. The molecule has 2 aliphatic heterocycles. The molecule has 4 nitrogen and oxygen atoms in total. The van der Waals surface area contributed by atoms with E-state index in [4.69, 9.17) is 0 Å². The molecule has 1 saturated heterocycles. The Morgan fingerprint density at radius 1 is 1.37 bits per heavy atom. The number of amides is 1. The van der Waals surface area contributed by atoms with Crippen LogP contribution in [0.25, 0.3) is 0 Å². The van der Waals surface area contributed by atoms with Crippen LogP contribution >= 0.6 is 0 Å². The van der Waals surface area contributed by atoms with E-state index >= 15 is 0 Å². The highest BCUT2D eigenvalue weighted by atomic mass is 16.4. The summed E-state index contributed by atoms with van der Waals surface area (Å²) in [6.07, 6.45) is 1.73. The Morgan fingerprint density at radius 2 is 2.11 bits per heavy atom. The third kappa shape index (κ3) is 1.82. The lowest BCUT2D eigenvalue weighted by Gasteiger charge is -2.45. The molecule has 0 bridgehead atoms. The number of aliphatic carboxylic acids is 1. The predicted molar refractivity (Wildman–Crippen MR) is 70.0 cm³/mol. The molecule has 4 heteroatoms. The third-order valence-corrected chi connectivity index (χ3v) is 4.34. The average molecular weight is 259 g/mol. The molecule has 0 radical (unpaired) electrons. The van der Waals surface area contributed by atoms with Crippen molar-refractivity contribution in [3.05, 3.63) is 35.4 Å². The van der Waals surface area contributed by atoms with Gasteiger partial charge in [0.25, 0.3) is 5.91 Å². The van der Waals surface area contributed by atoms with Gasteiger partial charge in [-0.1, -0.05) is 25.1 Å². The van der Waals surface area contributed by atoms with Gasteiger partial charge in [-0.3, -0.25) is 9.59 Å². The van der Waals surface area contributed by atoms with E-state index in [1.54, 1.807) is 23.1 Å². The number of carboxylic acid groups (broad SMARTS) is 1. The fourth-order valence-corrected chi connectivity index (χ4v) is 3.37. The van der Waals surface area contributed by atoms with Crippen LogP contribution in [0.15, 0.2) is 24.3 Å². The number of nitrogens with zero attached hydrogens (tertiary/aromatic N) is 1. The van der Waals surface area contributed by atoms with Crippen LogP contribution in [0.2, 0.25) is 0 Å². The summed E-state index contributed by atoms with van der Waals surface area (Å²) < 4.78 is 0.